The van der Waals surface area contributed by atoms with E-state index in [1.54, 1.807) is 12.1 Å². The number of esters is 1. The van der Waals surface area contributed by atoms with Crippen molar-refractivity contribution in [1.29, 1.82) is 0 Å². The van der Waals surface area contributed by atoms with Crippen LogP contribution in [-0.4, -0.2) is 81.2 Å². The van der Waals surface area contributed by atoms with E-state index in [2.05, 4.69) is 21.9 Å². The van der Waals surface area contributed by atoms with Gasteiger partial charge in [-0.3, -0.25) is 9.59 Å². The van der Waals surface area contributed by atoms with Crippen molar-refractivity contribution in [2.24, 2.45) is 0 Å². The summed E-state index contributed by atoms with van der Waals surface area (Å²) in [5.74, 6) is 0.606. The maximum absolute atomic E-state index is 13.0. The van der Waals surface area contributed by atoms with Crippen LogP contribution in [0, 0.1) is 0 Å². The molecule has 0 aromatic heterocycles. The van der Waals surface area contributed by atoms with Crippen LogP contribution < -0.4 is 9.64 Å². The van der Waals surface area contributed by atoms with Gasteiger partial charge < -0.3 is 24.2 Å². The van der Waals surface area contributed by atoms with Crippen LogP contribution in [0.25, 0.3) is 0 Å². The van der Waals surface area contributed by atoms with Gasteiger partial charge in [-0.25, -0.2) is 0 Å². The molecule has 2 aliphatic rings. The van der Waals surface area contributed by atoms with E-state index in [-0.39, 0.29) is 18.3 Å². The largest absolute Gasteiger partial charge is 0.494 e. The van der Waals surface area contributed by atoms with Crippen LogP contribution in [0.15, 0.2) is 48.5 Å². The van der Waals surface area contributed by atoms with Crippen molar-refractivity contribution < 1.29 is 19.1 Å². The predicted molar refractivity (Wildman–Crippen MR) is 137 cm³/mol. The molecule has 2 fully saturated rings. The number of ether oxygens (including phenoxy) is 2. The zero-order valence-corrected chi connectivity index (χ0v) is 20.8. The standard InChI is InChI=1S/C28H37N3O4/c1-34-27(32)22-23-7-5-8-24(21-23)28(33)31-18-16-30(17-19-31)25-9-11-26(12-10-25)35-20-6-15-29-13-3-2-4-14-29/h5,7-12,21H,2-4,6,13-20,22H2,1H3. The molecule has 0 bridgehead atoms. The van der Waals surface area contributed by atoms with E-state index >= 15 is 0 Å². The highest BCUT2D eigenvalue weighted by atomic mass is 16.5. The minimum atomic E-state index is -0.308. The summed E-state index contributed by atoms with van der Waals surface area (Å²) in [5, 5.41) is 0. The number of methoxy groups -OCH3 is 1. The lowest BCUT2D eigenvalue weighted by atomic mass is 10.1. The maximum Gasteiger partial charge on any atom is 0.309 e. The molecular formula is C28H37N3O4. The summed E-state index contributed by atoms with van der Waals surface area (Å²) in [6.07, 6.45) is 5.26. The highest BCUT2D eigenvalue weighted by Crippen LogP contribution is 2.22. The van der Waals surface area contributed by atoms with Gasteiger partial charge in [-0.05, 0) is 74.3 Å². The molecule has 2 aromatic rings. The predicted octanol–water partition coefficient (Wildman–Crippen LogP) is 3.62. The van der Waals surface area contributed by atoms with Gasteiger partial charge in [-0.2, -0.15) is 0 Å². The van der Waals surface area contributed by atoms with Gasteiger partial charge in [-0.1, -0.05) is 18.6 Å². The van der Waals surface area contributed by atoms with Gasteiger partial charge >= 0.3 is 5.97 Å². The molecule has 0 N–H and O–H groups in total. The maximum atomic E-state index is 13.0. The minimum Gasteiger partial charge on any atom is -0.494 e. The molecule has 0 spiro atoms. The molecule has 0 atom stereocenters. The third-order valence-corrected chi connectivity index (χ3v) is 6.85. The number of hydrogen-bond donors (Lipinski definition) is 0. The van der Waals surface area contributed by atoms with E-state index in [0.717, 1.165) is 49.7 Å². The first kappa shape index (κ1) is 25.0. The van der Waals surface area contributed by atoms with Gasteiger partial charge in [0.25, 0.3) is 5.91 Å². The van der Waals surface area contributed by atoms with Crippen molar-refractivity contribution >= 4 is 17.6 Å². The molecular weight excluding hydrogens is 442 g/mol. The first-order valence-electron chi connectivity index (χ1n) is 12.8. The Morgan fingerprint density at radius 1 is 0.886 bits per heavy atom. The number of nitrogens with zero attached hydrogens (tertiary/aromatic N) is 3. The fraction of sp³-hybridized carbons (Fsp3) is 0.500. The van der Waals surface area contributed by atoms with Crippen LogP contribution >= 0.6 is 0 Å². The van der Waals surface area contributed by atoms with E-state index in [1.165, 1.54) is 39.5 Å². The van der Waals surface area contributed by atoms with Crippen LogP contribution in [0.4, 0.5) is 5.69 Å². The fourth-order valence-electron chi connectivity index (χ4n) is 4.82. The van der Waals surface area contributed by atoms with Crippen LogP contribution in [0.1, 0.15) is 41.6 Å². The number of hydrogen-bond acceptors (Lipinski definition) is 6. The number of anilines is 1. The first-order chi connectivity index (χ1) is 17.1. The van der Waals surface area contributed by atoms with E-state index in [0.29, 0.717) is 18.7 Å². The molecule has 0 aliphatic carbocycles. The second-order valence-electron chi connectivity index (χ2n) is 9.33. The monoisotopic (exact) mass is 479 g/mol. The van der Waals surface area contributed by atoms with Gasteiger partial charge in [0.1, 0.15) is 5.75 Å². The van der Waals surface area contributed by atoms with Gasteiger partial charge in [0.2, 0.25) is 0 Å². The molecule has 7 heteroatoms. The normalized spacial score (nSPS) is 16.7. The van der Waals surface area contributed by atoms with E-state index < -0.39 is 0 Å². The summed E-state index contributed by atoms with van der Waals surface area (Å²) in [5.41, 5.74) is 2.55. The summed E-state index contributed by atoms with van der Waals surface area (Å²) >= 11 is 0. The SMILES string of the molecule is COC(=O)Cc1cccc(C(=O)N2CCN(c3ccc(OCCCN4CCCCC4)cc3)CC2)c1. The lowest BCUT2D eigenvalue weighted by Gasteiger charge is -2.36. The highest BCUT2D eigenvalue weighted by molar-refractivity contribution is 5.94. The smallest absolute Gasteiger partial charge is 0.309 e. The number of carbonyl (C=O) groups is 2. The molecule has 1 amide bonds. The van der Waals surface area contributed by atoms with Crippen molar-refractivity contribution in [2.75, 3.05) is 64.4 Å². The van der Waals surface area contributed by atoms with Crippen molar-refractivity contribution in [3.63, 3.8) is 0 Å². The van der Waals surface area contributed by atoms with Crippen LogP contribution in [0.3, 0.4) is 0 Å². The molecule has 4 rings (SSSR count). The average Bonchev–Trinajstić information content (AvgIpc) is 2.92. The minimum absolute atomic E-state index is 0.00432. The molecule has 0 unspecified atom stereocenters. The first-order valence-corrected chi connectivity index (χ1v) is 12.8. The topological polar surface area (TPSA) is 62.3 Å². The summed E-state index contributed by atoms with van der Waals surface area (Å²) < 4.78 is 10.7. The van der Waals surface area contributed by atoms with Gasteiger partial charge in [0, 0.05) is 44.0 Å². The average molecular weight is 480 g/mol. The zero-order valence-electron chi connectivity index (χ0n) is 20.8. The number of rotatable bonds is 9. The Morgan fingerprint density at radius 3 is 2.34 bits per heavy atom. The molecule has 2 heterocycles. The lowest BCUT2D eigenvalue weighted by molar-refractivity contribution is -0.139. The molecule has 0 radical (unpaired) electrons. The van der Waals surface area contributed by atoms with E-state index in [4.69, 9.17) is 9.47 Å². The number of benzene rings is 2. The van der Waals surface area contributed by atoms with Crippen LogP contribution in [0.2, 0.25) is 0 Å². The number of amides is 1. The van der Waals surface area contributed by atoms with Gasteiger partial charge in [0.15, 0.2) is 0 Å². The van der Waals surface area contributed by atoms with Crippen molar-refractivity contribution in [1.82, 2.24) is 9.80 Å². The third-order valence-electron chi connectivity index (χ3n) is 6.85. The third kappa shape index (κ3) is 7.21. The second-order valence-corrected chi connectivity index (χ2v) is 9.33. The molecule has 35 heavy (non-hydrogen) atoms. The molecule has 2 aromatic carbocycles. The Balaban J connectivity index is 1.21. The Morgan fingerprint density at radius 2 is 1.63 bits per heavy atom. The fourth-order valence-corrected chi connectivity index (χ4v) is 4.82. The van der Waals surface area contributed by atoms with Crippen molar-refractivity contribution in [3.8, 4) is 5.75 Å². The van der Waals surface area contributed by atoms with Crippen LogP contribution in [0.5, 0.6) is 5.75 Å². The summed E-state index contributed by atoms with van der Waals surface area (Å²) in [6, 6.07) is 15.5. The van der Waals surface area contributed by atoms with Crippen molar-refractivity contribution in [2.45, 2.75) is 32.1 Å². The summed E-state index contributed by atoms with van der Waals surface area (Å²) in [6.45, 7) is 7.22. The molecule has 188 valence electrons. The van der Waals surface area contributed by atoms with Crippen LogP contribution in [-0.2, 0) is 16.0 Å². The lowest BCUT2D eigenvalue weighted by Crippen LogP contribution is -2.48. The second kappa shape index (κ2) is 12.6. The Bertz CT molecular complexity index is 964. The molecule has 2 saturated heterocycles. The van der Waals surface area contributed by atoms with Gasteiger partial charge in [-0.15, -0.1) is 0 Å². The molecule has 7 nitrogen and oxygen atoms in total. The Kier molecular flexibility index (Phi) is 9.01. The Labute approximate surface area is 208 Å². The number of piperazine rings is 1. The summed E-state index contributed by atoms with van der Waals surface area (Å²) in [4.78, 5) is 31.3. The zero-order chi connectivity index (χ0) is 24.5. The van der Waals surface area contributed by atoms with E-state index in [9.17, 15) is 9.59 Å². The molecule has 2 aliphatic heterocycles. The van der Waals surface area contributed by atoms with E-state index in [1.807, 2.05) is 29.2 Å². The molecule has 0 saturated carbocycles. The van der Waals surface area contributed by atoms with Crippen molar-refractivity contribution in [3.05, 3.63) is 59.7 Å². The number of piperidine rings is 1. The number of carbonyl (C=O) groups excluding carboxylic acids is 2. The number of likely N-dealkylation sites (tertiary alicyclic amines) is 1. The summed E-state index contributed by atoms with van der Waals surface area (Å²) in [7, 11) is 1.37. The van der Waals surface area contributed by atoms with Gasteiger partial charge in [0.05, 0.1) is 20.1 Å². The quantitative estimate of drug-likeness (QED) is 0.404. The Hall–Kier alpha value is -3.06. The highest BCUT2D eigenvalue weighted by Gasteiger charge is 2.22.